The Kier molecular flexibility index (Phi) is 2.97. The van der Waals surface area contributed by atoms with Gasteiger partial charge in [-0.15, -0.1) is 0 Å². The number of carbonyl (C=O) groups excluding carboxylic acids is 1. The molecule has 4 heteroatoms. The van der Waals surface area contributed by atoms with Gasteiger partial charge in [0.25, 0.3) is 5.91 Å². The second kappa shape index (κ2) is 4.41. The third-order valence-electron chi connectivity index (χ3n) is 2.17. The first-order valence-electron chi connectivity index (χ1n) is 4.78. The van der Waals surface area contributed by atoms with Crippen LogP contribution in [-0.4, -0.2) is 5.91 Å². The Morgan fingerprint density at radius 2 is 2.19 bits per heavy atom. The summed E-state index contributed by atoms with van der Waals surface area (Å²) in [6, 6.07) is 8.61. The number of aryl methyl sites for hydroxylation is 1. The van der Waals surface area contributed by atoms with Crippen molar-refractivity contribution in [2.75, 3.05) is 5.32 Å². The van der Waals surface area contributed by atoms with Gasteiger partial charge < -0.3 is 9.73 Å². The fourth-order valence-electron chi connectivity index (χ4n) is 1.27. The van der Waals surface area contributed by atoms with E-state index >= 15 is 0 Å². The minimum absolute atomic E-state index is 0.275. The highest BCUT2D eigenvalue weighted by molar-refractivity contribution is 6.31. The highest BCUT2D eigenvalue weighted by Gasteiger charge is 2.08. The van der Waals surface area contributed by atoms with E-state index in [0.29, 0.717) is 10.7 Å². The molecule has 0 bridgehead atoms. The number of rotatable bonds is 2. The molecule has 0 saturated carbocycles. The molecule has 1 aromatic heterocycles. The number of hydrogen-bond acceptors (Lipinski definition) is 2. The number of furan rings is 1. The summed E-state index contributed by atoms with van der Waals surface area (Å²) in [4.78, 5) is 11.6. The number of carbonyl (C=O) groups is 1. The standard InChI is InChI=1S/C12H10ClNO2/c1-8-4-5-9(7-10(8)13)14-12(15)11-3-2-6-16-11/h2-7H,1H3,(H,14,15). The molecule has 0 fully saturated rings. The van der Waals surface area contributed by atoms with Crippen LogP contribution in [0.1, 0.15) is 16.1 Å². The zero-order chi connectivity index (χ0) is 11.5. The Morgan fingerprint density at radius 3 is 2.81 bits per heavy atom. The summed E-state index contributed by atoms with van der Waals surface area (Å²) < 4.78 is 4.98. The SMILES string of the molecule is Cc1ccc(NC(=O)c2ccco2)cc1Cl. The highest BCUT2D eigenvalue weighted by atomic mass is 35.5. The van der Waals surface area contributed by atoms with Gasteiger partial charge in [-0.25, -0.2) is 0 Å². The molecule has 1 N–H and O–H groups in total. The Bertz CT molecular complexity index is 506. The van der Waals surface area contributed by atoms with Gasteiger partial charge in [0.05, 0.1) is 6.26 Å². The monoisotopic (exact) mass is 235 g/mol. The summed E-state index contributed by atoms with van der Waals surface area (Å²) in [5.74, 6) is -0.0124. The van der Waals surface area contributed by atoms with Gasteiger partial charge in [-0.1, -0.05) is 17.7 Å². The summed E-state index contributed by atoms with van der Waals surface area (Å²) in [7, 11) is 0. The van der Waals surface area contributed by atoms with Crippen LogP contribution in [0.3, 0.4) is 0 Å². The van der Waals surface area contributed by atoms with Crippen LogP contribution in [-0.2, 0) is 0 Å². The highest BCUT2D eigenvalue weighted by Crippen LogP contribution is 2.20. The lowest BCUT2D eigenvalue weighted by atomic mass is 10.2. The van der Waals surface area contributed by atoms with Crippen LogP contribution in [0, 0.1) is 6.92 Å². The molecule has 1 heterocycles. The maximum absolute atomic E-state index is 11.6. The van der Waals surface area contributed by atoms with Crippen molar-refractivity contribution in [3.63, 3.8) is 0 Å². The zero-order valence-corrected chi connectivity index (χ0v) is 9.41. The molecule has 82 valence electrons. The van der Waals surface area contributed by atoms with Crippen molar-refractivity contribution in [2.24, 2.45) is 0 Å². The quantitative estimate of drug-likeness (QED) is 0.866. The number of amides is 1. The maximum Gasteiger partial charge on any atom is 0.291 e. The fraction of sp³-hybridized carbons (Fsp3) is 0.0833. The molecule has 0 aliphatic rings. The largest absolute Gasteiger partial charge is 0.459 e. The summed E-state index contributed by atoms with van der Waals surface area (Å²) >= 11 is 5.95. The van der Waals surface area contributed by atoms with E-state index in [0.717, 1.165) is 5.56 Å². The molecule has 16 heavy (non-hydrogen) atoms. The third-order valence-corrected chi connectivity index (χ3v) is 2.58. The van der Waals surface area contributed by atoms with E-state index in [2.05, 4.69) is 5.32 Å². The minimum Gasteiger partial charge on any atom is -0.459 e. The fourth-order valence-corrected chi connectivity index (χ4v) is 1.45. The van der Waals surface area contributed by atoms with E-state index in [1.54, 1.807) is 24.3 Å². The van der Waals surface area contributed by atoms with E-state index in [-0.39, 0.29) is 11.7 Å². The Balaban J connectivity index is 2.15. The van der Waals surface area contributed by atoms with Gasteiger partial charge in [0.1, 0.15) is 0 Å². The lowest BCUT2D eigenvalue weighted by molar-refractivity contribution is 0.0996. The summed E-state index contributed by atoms with van der Waals surface area (Å²) in [6.45, 7) is 1.90. The molecule has 0 atom stereocenters. The van der Waals surface area contributed by atoms with Crippen LogP contribution in [0.5, 0.6) is 0 Å². The molecule has 3 nitrogen and oxygen atoms in total. The molecule has 0 saturated heterocycles. The van der Waals surface area contributed by atoms with Crippen LogP contribution in [0.4, 0.5) is 5.69 Å². The molecular weight excluding hydrogens is 226 g/mol. The summed E-state index contributed by atoms with van der Waals surface area (Å²) in [6.07, 6.45) is 1.46. The van der Waals surface area contributed by atoms with Crippen molar-refractivity contribution in [3.05, 3.63) is 52.9 Å². The molecule has 2 aromatic rings. The lowest BCUT2D eigenvalue weighted by Crippen LogP contribution is -2.10. The van der Waals surface area contributed by atoms with Crippen LogP contribution < -0.4 is 5.32 Å². The Morgan fingerprint density at radius 1 is 1.38 bits per heavy atom. The number of benzene rings is 1. The number of nitrogens with one attached hydrogen (secondary N) is 1. The van der Waals surface area contributed by atoms with Crippen molar-refractivity contribution in [1.29, 1.82) is 0 Å². The number of anilines is 1. The first kappa shape index (κ1) is 10.8. The van der Waals surface area contributed by atoms with Gasteiger partial charge >= 0.3 is 0 Å². The van der Waals surface area contributed by atoms with Gasteiger partial charge in [0, 0.05) is 10.7 Å². The molecular formula is C12H10ClNO2. The van der Waals surface area contributed by atoms with E-state index in [9.17, 15) is 4.79 Å². The number of hydrogen-bond donors (Lipinski definition) is 1. The zero-order valence-electron chi connectivity index (χ0n) is 8.66. The molecule has 0 spiro atoms. The molecule has 1 aromatic carbocycles. The molecule has 1 amide bonds. The van der Waals surface area contributed by atoms with Crippen molar-refractivity contribution in [1.82, 2.24) is 0 Å². The van der Waals surface area contributed by atoms with Gasteiger partial charge in [-0.3, -0.25) is 4.79 Å². The smallest absolute Gasteiger partial charge is 0.291 e. The second-order valence-electron chi connectivity index (χ2n) is 3.40. The maximum atomic E-state index is 11.6. The van der Waals surface area contributed by atoms with Crippen LogP contribution in [0.25, 0.3) is 0 Å². The predicted octanol–water partition coefficient (Wildman–Crippen LogP) is 3.49. The minimum atomic E-state index is -0.287. The van der Waals surface area contributed by atoms with Crippen molar-refractivity contribution in [2.45, 2.75) is 6.92 Å². The Hall–Kier alpha value is -1.74. The first-order valence-corrected chi connectivity index (χ1v) is 5.15. The van der Waals surface area contributed by atoms with Crippen LogP contribution in [0.2, 0.25) is 5.02 Å². The van der Waals surface area contributed by atoms with Gasteiger partial charge in [-0.05, 0) is 36.8 Å². The van der Waals surface area contributed by atoms with Crippen LogP contribution >= 0.6 is 11.6 Å². The van der Waals surface area contributed by atoms with Crippen LogP contribution in [0.15, 0.2) is 41.0 Å². The molecule has 0 aliphatic heterocycles. The second-order valence-corrected chi connectivity index (χ2v) is 3.80. The molecule has 0 aliphatic carbocycles. The lowest BCUT2D eigenvalue weighted by Gasteiger charge is -2.04. The third kappa shape index (κ3) is 2.25. The normalized spacial score (nSPS) is 10.1. The molecule has 0 unspecified atom stereocenters. The number of halogens is 1. The molecule has 0 radical (unpaired) electrons. The summed E-state index contributed by atoms with van der Waals surface area (Å²) in [5.41, 5.74) is 1.62. The predicted molar refractivity (Wildman–Crippen MR) is 62.9 cm³/mol. The summed E-state index contributed by atoms with van der Waals surface area (Å²) in [5, 5.41) is 3.32. The Labute approximate surface area is 98.0 Å². The van der Waals surface area contributed by atoms with E-state index in [1.807, 2.05) is 13.0 Å². The average molecular weight is 236 g/mol. The van der Waals surface area contributed by atoms with Gasteiger partial charge in [0.15, 0.2) is 5.76 Å². The van der Waals surface area contributed by atoms with E-state index < -0.39 is 0 Å². The van der Waals surface area contributed by atoms with Crippen molar-refractivity contribution >= 4 is 23.2 Å². The van der Waals surface area contributed by atoms with Gasteiger partial charge in [-0.2, -0.15) is 0 Å². The average Bonchev–Trinajstić information content (AvgIpc) is 2.77. The van der Waals surface area contributed by atoms with E-state index in [1.165, 1.54) is 6.26 Å². The van der Waals surface area contributed by atoms with Gasteiger partial charge in [0.2, 0.25) is 0 Å². The first-order chi connectivity index (χ1) is 7.66. The van der Waals surface area contributed by atoms with Crippen molar-refractivity contribution < 1.29 is 9.21 Å². The topological polar surface area (TPSA) is 42.2 Å². The van der Waals surface area contributed by atoms with Crippen molar-refractivity contribution in [3.8, 4) is 0 Å². The van der Waals surface area contributed by atoms with E-state index in [4.69, 9.17) is 16.0 Å². The molecule has 2 rings (SSSR count).